The maximum absolute atomic E-state index is 11.1. The van der Waals surface area contributed by atoms with E-state index in [2.05, 4.69) is 11.1 Å². The molecule has 1 aromatic heterocycles. The molecule has 5 heteroatoms. The van der Waals surface area contributed by atoms with Gasteiger partial charge in [-0.1, -0.05) is 41.9 Å². The molecule has 0 aliphatic rings. The van der Waals surface area contributed by atoms with Crippen molar-refractivity contribution in [2.24, 2.45) is 0 Å². The third-order valence-corrected chi connectivity index (χ3v) is 4.20. The Balaban J connectivity index is 1.98. The van der Waals surface area contributed by atoms with Crippen LogP contribution in [0.1, 0.15) is 6.42 Å². The number of nitrogens with zero attached hydrogens (tertiary/aromatic N) is 1. The monoisotopic (exact) mass is 347 g/mol. The van der Waals surface area contributed by atoms with Crippen LogP contribution >= 0.6 is 23.2 Å². The minimum atomic E-state index is -0.404. The predicted octanol–water partition coefficient (Wildman–Crippen LogP) is 5.22. The molecule has 0 saturated carbocycles. The lowest BCUT2D eigenvalue weighted by Gasteiger charge is -2.08. The van der Waals surface area contributed by atoms with Crippen LogP contribution in [0, 0.1) is 0 Å². The third kappa shape index (κ3) is 3.21. The number of carbonyl (C=O) groups is 1. The van der Waals surface area contributed by atoms with E-state index in [4.69, 9.17) is 27.9 Å². The van der Waals surface area contributed by atoms with Crippen molar-refractivity contribution >= 4 is 51.0 Å². The largest absolute Gasteiger partial charge is 0.462 e. The zero-order chi connectivity index (χ0) is 16.4. The number of esters is 1. The summed E-state index contributed by atoms with van der Waals surface area (Å²) in [7, 11) is 0. The van der Waals surface area contributed by atoms with E-state index in [-0.39, 0.29) is 0 Å². The van der Waals surface area contributed by atoms with Crippen LogP contribution in [0.3, 0.4) is 0 Å². The number of benzene rings is 2. The molecular formula is C18H15Cl2NO2. The second-order valence-corrected chi connectivity index (χ2v) is 6.07. The van der Waals surface area contributed by atoms with Gasteiger partial charge in [0.1, 0.15) is 0 Å². The third-order valence-electron chi connectivity index (χ3n) is 3.73. The number of ether oxygens (including phenoxy) is 1. The van der Waals surface area contributed by atoms with E-state index in [0.717, 1.165) is 21.8 Å². The lowest BCUT2D eigenvalue weighted by atomic mass is 10.1. The van der Waals surface area contributed by atoms with Crippen molar-refractivity contribution in [1.29, 1.82) is 0 Å². The summed E-state index contributed by atoms with van der Waals surface area (Å²) in [4.78, 5) is 11.1. The Hall–Kier alpha value is -1.97. The summed E-state index contributed by atoms with van der Waals surface area (Å²) in [5, 5.41) is 3.63. The molecule has 0 aliphatic carbocycles. The molecule has 118 valence electrons. The Morgan fingerprint density at radius 2 is 1.65 bits per heavy atom. The highest BCUT2D eigenvalue weighted by Gasteiger charge is 2.11. The topological polar surface area (TPSA) is 31.2 Å². The van der Waals surface area contributed by atoms with Gasteiger partial charge in [0.25, 0.3) is 0 Å². The number of hydrogen-bond donors (Lipinski definition) is 0. The molecule has 3 aromatic rings. The molecule has 3 rings (SSSR count). The van der Waals surface area contributed by atoms with Crippen molar-refractivity contribution in [1.82, 2.24) is 4.57 Å². The molecule has 0 fully saturated rings. The van der Waals surface area contributed by atoms with E-state index >= 15 is 0 Å². The first-order valence-electron chi connectivity index (χ1n) is 7.26. The second kappa shape index (κ2) is 6.65. The van der Waals surface area contributed by atoms with Gasteiger partial charge < -0.3 is 9.30 Å². The molecule has 0 unspecified atom stereocenters. The standard InChI is InChI=1S/C18H15Cl2NO2/c1-2-18(22)23-9-3-8-21-16-10-12(19)4-6-14(16)15-7-5-13(20)11-17(15)21/h2,4-7,10-11H,1,3,8-9H2. The molecule has 2 aromatic carbocycles. The van der Waals surface area contributed by atoms with Crippen LogP contribution in [0.25, 0.3) is 21.8 Å². The molecule has 0 spiro atoms. The van der Waals surface area contributed by atoms with Gasteiger partial charge in [-0.3, -0.25) is 0 Å². The SMILES string of the molecule is C=CC(=O)OCCCn1c2cc(Cl)ccc2c2ccc(Cl)cc21. The molecule has 3 nitrogen and oxygen atoms in total. The minimum Gasteiger partial charge on any atom is -0.462 e. The number of fused-ring (bicyclic) bond motifs is 3. The number of rotatable bonds is 5. The van der Waals surface area contributed by atoms with Crippen molar-refractivity contribution in [2.75, 3.05) is 6.61 Å². The molecule has 0 bridgehead atoms. The zero-order valence-electron chi connectivity index (χ0n) is 12.4. The fraction of sp³-hybridized carbons (Fsp3) is 0.167. The second-order valence-electron chi connectivity index (χ2n) is 5.20. The van der Waals surface area contributed by atoms with E-state index in [0.29, 0.717) is 29.6 Å². The van der Waals surface area contributed by atoms with Gasteiger partial charge in [0.2, 0.25) is 0 Å². The average molecular weight is 348 g/mol. The summed E-state index contributed by atoms with van der Waals surface area (Å²) in [5.41, 5.74) is 2.09. The summed E-state index contributed by atoms with van der Waals surface area (Å²) < 4.78 is 7.20. The maximum Gasteiger partial charge on any atom is 0.330 e. The van der Waals surface area contributed by atoms with Gasteiger partial charge in [-0.2, -0.15) is 0 Å². The Bertz CT molecular complexity index is 840. The average Bonchev–Trinajstić information content (AvgIpc) is 2.83. The molecular weight excluding hydrogens is 333 g/mol. The van der Waals surface area contributed by atoms with Gasteiger partial charge in [0.15, 0.2) is 0 Å². The lowest BCUT2D eigenvalue weighted by Crippen LogP contribution is -2.06. The highest BCUT2D eigenvalue weighted by Crippen LogP contribution is 2.32. The van der Waals surface area contributed by atoms with Gasteiger partial charge >= 0.3 is 5.97 Å². The summed E-state index contributed by atoms with van der Waals surface area (Å²) in [6, 6.07) is 11.7. The molecule has 23 heavy (non-hydrogen) atoms. The van der Waals surface area contributed by atoms with Gasteiger partial charge in [0, 0.05) is 33.4 Å². The maximum atomic E-state index is 11.1. The smallest absolute Gasteiger partial charge is 0.330 e. The summed E-state index contributed by atoms with van der Waals surface area (Å²) >= 11 is 12.3. The molecule has 0 aliphatic heterocycles. The number of aromatic nitrogens is 1. The van der Waals surface area contributed by atoms with E-state index in [1.807, 2.05) is 36.4 Å². The molecule has 0 amide bonds. The number of halogens is 2. The van der Waals surface area contributed by atoms with Crippen molar-refractivity contribution in [3.8, 4) is 0 Å². The van der Waals surface area contributed by atoms with Crippen LogP contribution in [0.4, 0.5) is 0 Å². The predicted molar refractivity (Wildman–Crippen MR) is 95.2 cm³/mol. The highest BCUT2D eigenvalue weighted by molar-refractivity contribution is 6.32. The van der Waals surface area contributed by atoms with Crippen LogP contribution in [-0.2, 0) is 16.1 Å². The summed E-state index contributed by atoms with van der Waals surface area (Å²) in [6.07, 6.45) is 1.86. The first-order valence-corrected chi connectivity index (χ1v) is 8.02. The Kier molecular flexibility index (Phi) is 4.60. The van der Waals surface area contributed by atoms with Gasteiger partial charge in [-0.25, -0.2) is 4.79 Å². The molecule has 0 atom stereocenters. The van der Waals surface area contributed by atoms with E-state index < -0.39 is 5.97 Å². The summed E-state index contributed by atoms with van der Waals surface area (Å²) in [6.45, 7) is 4.42. The van der Waals surface area contributed by atoms with Crippen LogP contribution in [0.5, 0.6) is 0 Å². The number of aryl methyl sites for hydroxylation is 1. The van der Waals surface area contributed by atoms with E-state index in [1.165, 1.54) is 6.08 Å². The fourth-order valence-corrected chi connectivity index (χ4v) is 3.07. The summed E-state index contributed by atoms with van der Waals surface area (Å²) in [5.74, 6) is -0.404. The van der Waals surface area contributed by atoms with E-state index in [1.54, 1.807) is 0 Å². The number of carbonyl (C=O) groups excluding carboxylic acids is 1. The molecule has 0 saturated heterocycles. The molecule has 0 radical (unpaired) electrons. The Morgan fingerprint density at radius 1 is 1.09 bits per heavy atom. The van der Waals surface area contributed by atoms with Crippen LogP contribution < -0.4 is 0 Å². The molecule has 0 N–H and O–H groups in total. The van der Waals surface area contributed by atoms with Gasteiger partial charge in [0.05, 0.1) is 17.6 Å². The quantitative estimate of drug-likeness (QED) is 0.360. The van der Waals surface area contributed by atoms with Crippen molar-refractivity contribution in [3.63, 3.8) is 0 Å². The first-order chi connectivity index (χ1) is 11.1. The zero-order valence-corrected chi connectivity index (χ0v) is 13.9. The van der Waals surface area contributed by atoms with Crippen LogP contribution in [0.15, 0.2) is 49.1 Å². The van der Waals surface area contributed by atoms with Crippen molar-refractivity contribution < 1.29 is 9.53 Å². The lowest BCUT2D eigenvalue weighted by molar-refractivity contribution is -0.137. The molecule has 1 heterocycles. The minimum absolute atomic E-state index is 0.340. The normalized spacial score (nSPS) is 11.0. The Labute approximate surface area is 144 Å². The highest BCUT2D eigenvalue weighted by atomic mass is 35.5. The van der Waals surface area contributed by atoms with Crippen LogP contribution in [-0.4, -0.2) is 17.1 Å². The number of hydrogen-bond acceptors (Lipinski definition) is 2. The first kappa shape index (κ1) is 15.9. The fourth-order valence-electron chi connectivity index (χ4n) is 2.74. The van der Waals surface area contributed by atoms with Crippen molar-refractivity contribution in [2.45, 2.75) is 13.0 Å². The van der Waals surface area contributed by atoms with Crippen molar-refractivity contribution in [3.05, 3.63) is 59.1 Å². The van der Waals surface area contributed by atoms with Gasteiger partial charge in [-0.05, 0) is 30.7 Å². The van der Waals surface area contributed by atoms with E-state index in [9.17, 15) is 4.79 Å². The van der Waals surface area contributed by atoms with Gasteiger partial charge in [-0.15, -0.1) is 0 Å². The Morgan fingerprint density at radius 3 is 2.17 bits per heavy atom. The van der Waals surface area contributed by atoms with Crippen LogP contribution in [0.2, 0.25) is 10.0 Å².